The number of nitrogens with one attached hydrogen (secondary N) is 1. The standard InChI is InChI=1S/C43H57BN2O13/c1-40(2,3)56-38(51)45-29(21-33(47)53-24-25-13-11-10-12-14-25)36(48)46-22-28(23-46)54-30-16-15-26(35(34(30)37(49)50)55-39(52)57-41(4,5)6)17-18-44-58-32-20-27-19-31(42(27,7)8)43(32,9)59-44/h10-16,27-29,31-32H,17-24H2,1-9H3,(H,45,51)(H,49,50)/t27-,29?,31-,32+,43-/m0/s1. The predicted octanol–water partition coefficient (Wildman–Crippen LogP) is 6.59. The number of hydrogen-bond acceptors (Lipinski definition) is 12. The molecule has 0 radical (unpaired) electrons. The lowest BCUT2D eigenvalue weighted by Crippen LogP contribution is -2.65. The van der Waals surface area contributed by atoms with Crippen molar-refractivity contribution in [1.82, 2.24) is 10.2 Å². The van der Waals surface area contributed by atoms with Crippen molar-refractivity contribution in [2.75, 3.05) is 13.1 Å². The molecule has 2 heterocycles. The normalized spacial score (nSPS) is 23.8. The van der Waals surface area contributed by atoms with Gasteiger partial charge in [0.1, 0.15) is 41.3 Å². The van der Waals surface area contributed by atoms with Gasteiger partial charge in [0.25, 0.3) is 0 Å². The van der Waals surface area contributed by atoms with Crippen LogP contribution in [0.1, 0.15) is 103 Å². The molecule has 320 valence electrons. The molecule has 1 unspecified atom stereocenters. The number of aromatic carboxylic acids is 1. The minimum Gasteiger partial charge on any atom is -0.486 e. The van der Waals surface area contributed by atoms with Crippen molar-refractivity contribution in [1.29, 1.82) is 0 Å². The number of nitrogens with zero attached hydrogens (tertiary/aromatic N) is 1. The number of benzene rings is 2. The van der Waals surface area contributed by atoms with E-state index in [1.54, 1.807) is 71.9 Å². The zero-order chi connectivity index (χ0) is 43.1. The molecule has 2 saturated heterocycles. The average Bonchev–Trinajstić information content (AvgIpc) is 3.45. The molecule has 2 N–H and O–H groups in total. The van der Waals surface area contributed by atoms with Crippen molar-refractivity contribution < 1.29 is 62.1 Å². The van der Waals surface area contributed by atoms with Crippen molar-refractivity contribution in [3.8, 4) is 11.5 Å². The molecule has 15 nitrogen and oxygen atoms in total. The molecule has 16 heteroatoms. The second kappa shape index (κ2) is 16.7. The van der Waals surface area contributed by atoms with Crippen molar-refractivity contribution >= 4 is 37.2 Å². The lowest BCUT2D eigenvalue weighted by atomic mass is 9.43. The molecule has 5 atom stereocenters. The highest BCUT2D eigenvalue weighted by Gasteiger charge is 2.67. The Labute approximate surface area is 345 Å². The van der Waals surface area contributed by atoms with Gasteiger partial charge < -0.3 is 48.3 Å². The van der Waals surface area contributed by atoms with Gasteiger partial charge in [0.2, 0.25) is 5.91 Å². The van der Waals surface area contributed by atoms with Crippen LogP contribution in [0.2, 0.25) is 6.32 Å². The second-order valence-corrected chi connectivity index (χ2v) is 18.8. The highest BCUT2D eigenvalue weighted by molar-refractivity contribution is 6.45. The first-order valence-electron chi connectivity index (χ1n) is 20.3. The molecular formula is C43H57BN2O13. The van der Waals surface area contributed by atoms with Crippen LogP contribution in [-0.2, 0) is 46.1 Å². The Morgan fingerprint density at radius 2 is 1.63 bits per heavy atom. The Morgan fingerprint density at radius 1 is 0.949 bits per heavy atom. The van der Waals surface area contributed by atoms with Crippen molar-refractivity contribution in [3.63, 3.8) is 0 Å². The minimum absolute atomic E-state index is 0.00239. The van der Waals surface area contributed by atoms with E-state index < -0.39 is 72.6 Å². The predicted molar refractivity (Wildman–Crippen MR) is 214 cm³/mol. The summed E-state index contributed by atoms with van der Waals surface area (Å²) in [6, 6.07) is 10.8. The number of amides is 2. The summed E-state index contributed by atoms with van der Waals surface area (Å²) in [5.74, 6) is -2.05. The smallest absolute Gasteiger partial charge is 0.486 e. The number of carbonyl (C=O) groups excluding carboxylic acids is 4. The van der Waals surface area contributed by atoms with Crippen molar-refractivity contribution in [2.24, 2.45) is 17.3 Å². The Hall–Kier alpha value is -4.83. The van der Waals surface area contributed by atoms with Gasteiger partial charge in [-0.25, -0.2) is 14.4 Å². The number of hydrogen-bond donors (Lipinski definition) is 2. The molecule has 5 aliphatic rings. The number of alkyl carbamates (subject to hydrolysis) is 1. The average molecular weight is 821 g/mol. The van der Waals surface area contributed by atoms with Crippen LogP contribution in [0.25, 0.3) is 0 Å². The highest BCUT2D eigenvalue weighted by Crippen LogP contribution is 2.65. The van der Waals surface area contributed by atoms with E-state index in [0.717, 1.165) is 18.4 Å². The van der Waals surface area contributed by atoms with Crippen LogP contribution in [0.4, 0.5) is 9.59 Å². The van der Waals surface area contributed by atoms with Crippen LogP contribution in [-0.4, -0.2) is 95.4 Å². The summed E-state index contributed by atoms with van der Waals surface area (Å²) in [5, 5.41) is 13.0. The van der Waals surface area contributed by atoms with Crippen LogP contribution in [0.3, 0.4) is 0 Å². The molecular weight excluding hydrogens is 763 g/mol. The Morgan fingerprint density at radius 3 is 2.25 bits per heavy atom. The monoisotopic (exact) mass is 820 g/mol. The number of likely N-dealkylation sites (tertiary alicyclic amines) is 1. The topological polar surface area (TPSA) is 185 Å². The number of aryl methyl sites for hydroxylation is 1. The van der Waals surface area contributed by atoms with Gasteiger partial charge in [0.15, 0.2) is 5.75 Å². The van der Waals surface area contributed by atoms with E-state index in [1.165, 1.54) is 11.0 Å². The maximum Gasteiger partial charge on any atom is 0.514 e. The fourth-order valence-electron chi connectivity index (χ4n) is 8.63. The zero-order valence-corrected chi connectivity index (χ0v) is 35.5. The van der Waals surface area contributed by atoms with E-state index in [1.807, 2.05) is 6.07 Å². The maximum atomic E-state index is 13.7. The molecule has 2 aliphatic heterocycles. The van der Waals surface area contributed by atoms with Gasteiger partial charge in [0, 0.05) is 0 Å². The van der Waals surface area contributed by atoms with Gasteiger partial charge in [0.05, 0.1) is 31.2 Å². The van der Waals surface area contributed by atoms with E-state index in [0.29, 0.717) is 23.7 Å². The van der Waals surface area contributed by atoms with E-state index in [9.17, 15) is 29.1 Å². The van der Waals surface area contributed by atoms with Crippen LogP contribution in [0.5, 0.6) is 11.5 Å². The third kappa shape index (κ3) is 10.1. The first-order valence-corrected chi connectivity index (χ1v) is 20.3. The fraction of sp³-hybridized carbons (Fsp3) is 0.605. The van der Waals surface area contributed by atoms with Crippen molar-refractivity contribution in [2.45, 2.75) is 136 Å². The van der Waals surface area contributed by atoms with Gasteiger partial charge in [-0.05, 0) is 108 Å². The van der Waals surface area contributed by atoms with E-state index >= 15 is 0 Å². The molecule has 3 aliphatic carbocycles. The maximum absolute atomic E-state index is 13.7. The first-order chi connectivity index (χ1) is 27.5. The summed E-state index contributed by atoms with van der Waals surface area (Å²) in [6.07, 6.45) is -0.470. The van der Waals surface area contributed by atoms with Gasteiger partial charge in [-0.15, -0.1) is 0 Å². The number of rotatable bonds is 13. The summed E-state index contributed by atoms with van der Waals surface area (Å²) in [7, 11) is -0.531. The van der Waals surface area contributed by atoms with E-state index in [2.05, 4.69) is 26.1 Å². The van der Waals surface area contributed by atoms with Gasteiger partial charge in [-0.3, -0.25) is 9.59 Å². The first kappa shape index (κ1) is 43.7. The van der Waals surface area contributed by atoms with Crippen LogP contribution in [0, 0.1) is 17.3 Å². The van der Waals surface area contributed by atoms with E-state index in [-0.39, 0.29) is 54.7 Å². The third-order valence-electron chi connectivity index (χ3n) is 11.7. The zero-order valence-electron chi connectivity index (χ0n) is 35.5. The lowest BCUT2D eigenvalue weighted by Gasteiger charge is -2.64. The molecule has 5 fully saturated rings. The summed E-state index contributed by atoms with van der Waals surface area (Å²) >= 11 is 0. The largest absolute Gasteiger partial charge is 0.514 e. The molecule has 0 spiro atoms. The molecule has 3 saturated carbocycles. The Balaban J connectivity index is 1.14. The summed E-state index contributed by atoms with van der Waals surface area (Å²) in [4.78, 5) is 66.6. The van der Waals surface area contributed by atoms with Crippen molar-refractivity contribution in [3.05, 3.63) is 59.2 Å². The third-order valence-corrected chi connectivity index (χ3v) is 11.7. The number of ether oxygens (including phenoxy) is 5. The number of carbonyl (C=O) groups is 5. The van der Waals surface area contributed by atoms with Crippen LogP contribution in [0.15, 0.2) is 42.5 Å². The molecule has 2 amide bonds. The highest BCUT2D eigenvalue weighted by atomic mass is 16.7. The van der Waals surface area contributed by atoms with Gasteiger partial charge in [-0.1, -0.05) is 50.2 Å². The lowest BCUT2D eigenvalue weighted by molar-refractivity contribution is -0.199. The van der Waals surface area contributed by atoms with Gasteiger partial charge in [-0.2, -0.15) is 0 Å². The molecule has 59 heavy (non-hydrogen) atoms. The van der Waals surface area contributed by atoms with Crippen LogP contribution >= 0.6 is 0 Å². The molecule has 0 aromatic heterocycles. The number of carboxylic acids is 1. The quantitative estimate of drug-likeness (QED) is 0.0956. The van der Waals surface area contributed by atoms with Gasteiger partial charge >= 0.3 is 31.3 Å². The number of esters is 1. The second-order valence-electron chi connectivity index (χ2n) is 18.8. The fourth-order valence-corrected chi connectivity index (χ4v) is 8.63. The number of carboxylic acid groups (broad SMARTS) is 1. The summed E-state index contributed by atoms with van der Waals surface area (Å²) in [5.41, 5.74) is -1.25. The summed E-state index contributed by atoms with van der Waals surface area (Å²) < 4.78 is 40.9. The molecule has 2 aromatic rings. The molecule has 7 rings (SSSR count). The Bertz CT molecular complexity index is 1920. The summed E-state index contributed by atoms with van der Waals surface area (Å²) in [6.45, 7) is 16.7. The Kier molecular flexibility index (Phi) is 12.4. The van der Waals surface area contributed by atoms with E-state index in [4.69, 9.17) is 33.0 Å². The van der Waals surface area contributed by atoms with Crippen LogP contribution < -0.4 is 14.8 Å². The molecule has 2 bridgehead atoms. The minimum atomic E-state index is -1.41. The molecule has 2 aromatic carbocycles. The SMILES string of the molecule is CC(C)(C)OC(=O)NC(CC(=O)OCc1ccccc1)C(=O)N1CC(Oc2ccc(CCB3O[C@@H]4C[C@@H]5C[C@@H](C5(C)C)[C@]4(C)O3)c(OC(=O)OC(C)(C)C)c2C(=O)O)C1.